The van der Waals surface area contributed by atoms with E-state index in [0.717, 1.165) is 10.3 Å². The highest BCUT2D eigenvalue weighted by Crippen LogP contribution is 2.34. The standard InChI is InChI=1S/C17H14FNO4S2/c1-8-10(6-13(21)22)15-11(3-4-12(20)16(15)18)19(8)17(23)9-5-14(24-2)25-7-9/h3-5,7,20H,6H2,1-2H3,(H,21,22). The number of thiophene rings is 1. The van der Waals surface area contributed by atoms with E-state index in [1.165, 1.54) is 33.7 Å². The Balaban J connectivity index is 2.28. The number of thioether (sulfide) groups is 1. The zero-order chi connectivity index (χ0) is 18.3. The van der Waals surface area contributed by atoms with Gasteiger partial charge in [0, 0.05) is 16.5 Å². The number of benzene rings is 1. The largest absolute Gasteiger partial charge is 0.505 e. The van der Waals surface area contributed by atoms with Gasteiger partial charge in [-0.2, -0.15) is 0 Å². The molecule has 8 heteroatoms. The minimum atomic E-state index is -1.14. The lowest BCUT2D eigenvalue weighted by atomic mass is 10.1. The van der Waals surface area contributed by atoms with Crippen molar-refractivity contribution in [1.82, 2.24) is 4.57 Å². The van der Waals surface area contributed by atoms with Gasteiger partial charge in [-0.15, -0.1) is 23.1 Å². The van der Waals surface area contributed by atoms with E-state index < -0.39 is 24.0 Å². The van der Waals surface area contributed by atoms with Crippen LogP contribution in [0.2, 0.25) is 0 Å². The molecule has 3 rings (SSSR count). The maximum atomic E-state index is 14.5. The number of hydrogen-bond donors (Lipinski definition) is 2. The summed E-state index contributed by atoms with van der Waals surface area (Å²) >= 11 is 2.94. The van der Waals surface area contributed by atoms with Crippen molar-refractivity contribution in [1.29, 1.82) is 0 Å². The minimum Gasteiger partial charge on any atom is -0.505 e. The Morgan fingerprint density at radius 2 is 2.08 bits per heavy atom. The fraction of sp³-hybridized carbons (Fsp3) is 0.176. The number of carbonyl (C=O) groups is 2. The Morgan fingerprint density at radius 1 is 1.36 bits per heavy atom. The van der Waals surface area contributed by atoms with Gasteiger partial charge >= 0.3 is 5.97 Å². The van der Waals surface area contributed by atoms with Gasteiger partial charge in [0.2, 0.25) is 0 Å². The molecule has 0 amide bonds. The Bertz CT molecular complexity index is 1010. The number of rotatable bonds is 4. The van der Waals surface area contributed by atoms with E-state index in [-0.39, 0.29) is 22.4 Å². The lowest BCUT2D eigenvalue weighted by Gasteiger charge is -2.06. The van der Waals surface area contributed by atoms with E-state index in [1.54, 1.807) is 18.4 Å². The summed E-state index contributed by atoms with van der Waals surface area (Å²) < 4.78 is 16.7. The number of aliphatic carboxylic acids is 1. The van der Waals surface area contributed by atoms with Gasteiger partial charge in [-0.05, 0) is 36.9 Å². The van der Waals surface area contributed by atoms with Crippen LogP contribution in [0.25, 0.3) is 10.9 Å². The molecule has 130 valence electrons. The van der Waals surface area contributed by atoms with Gasteiger partial charge in [-0.3, -0.25) is 14.2 Å². The first kappa shape index (κ1) is 17.5. The zero-order valence-electron chi connectivity index (χ0n) is 13.4. The highest BCUT2D eigenvalue weighted by atomic mass is 32.2. The number of carbonyl (C=O) groups excluding carboxylic acids is 1. The van der Waals surface area contributed by atoms with Gasteiger partial charge in [0.25, 0.3) is 5.91 Å². The number of carboxylic acids is 1. The molecule has 2 N–H and O–H groups in total. The third-order valence-corrected chi connectivity index (χ3v) is 6.00. The Morgan fingerprint density at radius 3 is 2.68 bits per heavy atom. The van der Waals surface area contributed by atoms with Crippen molar-refractivity contribution in [3.63, 3.8) is 0 Å². The highest BCUT2D eigenvalue weighted by Gasteiger charge is 2.25. The van der Waals surface area contributed by atoms with Gasteiger partial charge < -0.3 is 10.2 Å². The van der Waals surface area contributed by atoms with Gasteiger partial charge in [0.1, 0.15) is 0 Å². The Labute approximate surface area is 150 Å². The molecule has 25 heavy (non-hydrogen) atoms. The molecule has 0 aliphatic carbocycles. The van der Waals surface area contributed by atoms with Crippen LogP contribution >= 0.6 is 23.1 Å². The van der Waals surface area contributed by atoms with E-state index in [4.69, 9.17) is 5.11 Å². The summed E-state index contributed by atoms with van der Waals surface area (Å²) in [4.78, 5) is 24.1. The van der Waals surface area contributed by atoms with Crippen LogP contribution in [0.4, 0.5) is 4.39 Å². The molecule has 0 saturated heterocycles. The number of carboxylic acid groups (broad SMARTS) is 1. The van der Waals surface area contributed by atoms with Crippen LogP contribution in [-0.4, -0.2) is 32.9 Å². The predicted octanol–water partition coefficient (Wildman–Crippen LogP) is 3.89. The number of phenolic OH excluding ortho intramolecular Hbond substituents is 1. The van der Waals surface area contributed by atoms with E-state index in [2.05, 4.69) is 0 Å². The molecular formula is C17H14FNO4S2. The van der Waals surface area contributed by atoms with Crippen molar-refractivity contribution in [3.05, 3.63) is 46.2 Å². The molecule has 0 unspecified atom stereocenters. The maximum absolute atomic E-state index is 14.5. The van der Waals surface area contributed by atoms with Crippen LogP contribution in [0.15, 0.2) is 27.8 Å². The molecule has 0 aliphatic rings. The molecule has 0 bridgehead atoms. The summed E-state index contributed by atoms with van der Waals surface area (Å²) in [5, 5.41) is 20.5. The monoisotopic (exact) mass is 379 g/mol. The maximum Gasteiger partial charge on any atom is 0.307 e. The summed E-state index contributed by atoms with van der Waals surface area (Å²) in [6.45, 7) is 1.58. The van der Waals surface area contributed by atoms with Crippen molar-refractivity contribution >= 4 is 45.9 Å². The molecule has 1 aromatic carbocycles. The van der Waals surface area contributed by atoms with Crippen molar-refractivity contribution in [3.8, 4) is 5.75 Å². The summed E-state index contributed by atoms with van der Waals surface area (Å²) in [6, 6.07) is 4.33. The predicted molar refractivity (Wildman–Crippen MR) is 95.5 cm³/mol. The minimum absolute atomic E-state index is 0.0337. The van der Waals surface area contributed by atoms with Crippen LogP contribution in [0.1, 0.15) is 21.6 Å². The Kier molecular flexibility index (Phi) is 4.57. The van der Waals surface area contributed by atoms with E-state index in [9.17, 15) is 19.1 Å². The molecule has 3 aromatic rings. The fourth-order valence-corrected chi connectivity index (χ4v) is 4.20. The van der Waals surface area contributed by atoms with Gasteiger partial charge in [-0.25, -0.2) is 4.39 Å². The van der Waals surface area contributed by atoms with Crippen molar-refractivity contribution in [2.75, 3.05) is 6.26 Å². The molecule has 0 atom stereocenters. The summed E-state index contributed by atoms with van der Waals surface area (Å²) in [7, 11) is 0. The van der Waals surface area contributed by atoms with Crippen molar-refractivity contribution < 1.29 is 24.2 Å². The quantitative estimate of drug-likeness (QED) is 0.672. The number of aromatic hydroxyl groups is 1. The molecule has 5 nitrogen and oxygen atoms in total. The van der Waals surface area contributed by atoms with Crippen molar-refractivity contribution in [2.24, 2.45) is 0 Å². The number of halogens is 1. The van der Waals surface area contributed by atoms with E-state index in [0.29, 0.717) is 11.3 Å². The molecule has 2 heterocycles. The third-order valence-electron chi connectivity index (χ3n) is 3.97. The molecule has 0 saturated carbocycles. The first-order chi connectivity index (χ1) is 11.8. The van der Waals surface area contributed by atoms with Crippen LogP contribution in [-0.2, 0) is 11.2 Å². The average Bonchev–Trinajstić information content (AvgIpc) is 3.14. The topological polar surface area (TPSA) is 79.5 Å². The van der Waals surface area contributed by atoms with Crippen molar-refractivity contribution in [2.45, 2.75) is 17.6 Å². The molecule has 0 aliphatic heterocycles. The number of phenols is 1. The number of fused-ring (bicyclic) bond motifs is 1. The highest BCUT2D eigenvalue weighted by molar-refractivity contribution is 8.00. The average molecular weight is 379 g/mol. The van der Waals surface area contributed by atoms with Gasteiger partial charge in [0.15, 0.2) is 11.6 Å². The lowest BCUT2D eigenvalue weighted by Crippen LogP contribution is -2.13. The molecule has 0 spiro atoms. The second kappa shape index (κ2) is 6.53. The number of hydrogen-bond acceptors (Lipinski definition) is 5. The first-order valence-corrected chi connectivity index (χ1v) is 9.36. The summed E-state index contributed by atoms with van der Waals surface area (Å²) in [6.07, 6.45) is 1.46. The summed E-state index contributed by atoms with van der Waals surface area (Å²) in [5.41, 5.74) is 1.23. The summed E-state index contributed by atoms with van der Waals surface area (Å²) in [5.74, 6) is -3.00. The van der Waals surface area contributed by atoms with Gasteiger partial charge in [-0.1, -0.05) is 0 Å². The van der Waals surface area contributed by atoms with Gasteiger partial charge in [0.05, 0.1) is 21.7 Å². The van der Waals surface area contributed by atoms with Crippen LogP contribution in [0.3, 0.4) is 0 Å². The zero-order valence-corrected chi connectivity index (χ0v) is 15.0. The number of nitrogens with zero attached hydrogens (tertiary/aromatic N) is 1. The van der Waals surface area contributed by atoms with E-state index >= 15 is 0 Å². The third kappa shape index (κ3) is 2.91. The molecule has 0 fully saturated rings. The van der Waals surface area contributed by atoms with E-state index in [1.807, 2.05) is 6.26 Å². The second-order valence-corrected chi connectivity index (χ2v) is 7.44. The molecular weight excluding hydrogens is 365 g/mol. The SMILES string of the molecule is CSc1cc(C(=O)n2c(C)c(CC(=O)O)c3c(F)c(O)ccc32)cs1. The van der Waals surface area contributed by atoms with Crippen LogP contribution in [0, 0.1) is 12.7 Å². The second-order valence-electron chi connectivity index (χ2n) is 5.43. The number of aromatic nitrogens is 1. The van der Waals surface area contributed by atoms with Crippen LogP contribution < -0.4 is 0 Å². The smallest absolute Gasteiger partial charge is 0.307 e. The lowest BCUT2D eigenvalue weighted by molar-refractivity contribution is -0.136. The fourth-order valence-electron chi connectivity index (χ4n) is 2.82. The molecule has 2 aromatic heterocycles. The Hall–Kier alpha value is -2.32. The van der Waals surface area contributed by atoms with Crippen LogP contribution in [0.5, 0.6) is 5.75 Å². The molecule has 0 radical (unpaired) electrons. The first-order valence-electron chi connectivity index (χ1n) is 7.25. The normalized spacial score (nSPS) is 11.2.